The van der Waals surface area contributed by atoms with Gasteiger partial charge < -0.3 is 14.6 Å². The summed E-state index contributed by atoms with van der Waals surface area (Å²) in [6, 6.07) is 22.6. The Morgan fingerprint density at radius 3 is 1.87 bits per heavy atom. The lowest BCUT2D eigenvalue weighted by atomic mass is 10.1. The van der Waals surface area contributed by atoms with Crippen LogP contribution in [0, 0.1) is 0 Å². The number of benzene rings is 3. The monoisotopic (exact) mass is 432 g/mol. The van der Waals surface area contributed by atoms with Gasteiger partial charge in [0, 0.05) is 12.1 Å². The van der Waals surface area contributed by atoms with Gasteiger partial charge in [-0.2, -0.15) is 0 Å². The van der Waals surface area contributed by atoms with E-state index in [0.717, 1.165) is 28.0 Å². The molecule has 0 aliphatic rings. The summed E-state index contributed by atoms with van der Waals surface area (Å²) < 4.78 is 10.8. The van der Waals surface area contributed by atoms with Gasteiger partial charge in [0.05, 0.1) is 0 Å². The lowest BCUT2D eigenvalue weighted by Gasteiger charge is -2.12. The fourth-order valence-corrected chi connectivity index (χ4v) is 2.90. The molecular formula is C27H25ClO3. The van der Waals surface area contributed by atoms with Gasteiger partial charge in [0.1, 0.15) is 11.5 Å². The molecule has 0 bridgehead atoms. The van der Waals surface area contributed by atoms with Crippen LogP contribution < -0.4 is 4.74 Å². The van der Waals surface area contributed by atoms with Crippen LogP contribution in [0.1, 0.15) is 23.6 Å². The van der Waals surface area contributed by atoms with Crippen molar-refractivity contribution in [1.29, 1.82) is 0 Å². The van der Waals surface area contributed by atoms with Gasteiger partial charge in [0.15, 0.2) is 6.29 Å². The van der Waals surface area contributed by atoms with E-state index in [4.69, 9.17) is 21.1 Å². The Morgan fingerprint density at radius 1 is 0.806 bits per heavy atom. The minimum absolute atomic E-state index is 0.251. The predicted molar refractivity (Wildman–Crippen MR) is 129 cm³/mol. The van der Waals surface area contributed by atoms with Crippen LogP contribution in [-0.2, 0) is 4.74 Å². The van der Waals surface area contributed by atoms with Crippen molar-refractivity contribution in [2.45, 2.75) is 13.2 Å². The Balaban J connectivity index is 1.84. The van der Waals surface area contributed by atoms with E-state index in [-0.39, 0.29) is 12.0 Å². The lowest BCUT2D eigenvalue weighted by molar-refractivity contribution is -0.0382. The summed E-state index contributed by atoms with van der Waals surface area (Å²) in [6.45, 7) is 1.85. The van der Waals surface area contributed by atoms with Crippen LogP contribution in [0.4, 0.5) is 0 Å². The first-order valence-electron chi connectivity index (χ1n) is 9.94. The van der Waals surface area contributed by atoms with E-state index in [9.17, 15) is 5.11 Å². The molecule has 1 unspecified atom stereocenters. The number of methoxy groups -OCH3 is 1. The van der Waals surface area contributed by atoms with E-state index in [1.807, 2.05) is 85.8 Å². The molecule has 0 saturated carbocycles. The number of ether oxygens (including phenoxy) is 2. The molecule has 0 aromatic heterocycles. The molecule has 0 heterocycles. The maximum absolute atomic E-state index is 9.48. The van der Waals surface area contributed by atoms with Gasteiger partial charge in [-0.1, -0.05) is 72.3 Å². The molecular weight excluding hydrogens is 408 g/mol. The maximum atomic E-state index is 9.48. The fraction of sp³-hybridized carbons (Fsp3) is 0.111. The average Bonchev–Trinajstić information content (AvgIpc) is 2.79. The SMILES string of the molecule is COC(C)Oc1ccc(C=C(C=Cc2ccc(O)cc2)C=Cc2ccc(Cl)cc2)cc1. The molecule has 0 radical (unpaired) electrons. The zero-order valence-electron chi connectivity index (χ0n) is 17.5. The van der Waals surface area contributed by atoms with E-state index < -0.39 is 0 Å². The van der Waals surface area contributed by atoms with Crippen LogP contribution in [0.5, 0.6) is 11.5 Å². The van der Waals surface area contributed by atoms with E-state index in [1.54, 1.807) is 19.2 Å². The van der Waals surface area contributed by atoms with Crippen molar-refractivity contribution in [3.63, 3.8) is 0 Å². The largest absolute Gasteiger partial charge is 0.508 e. The quantitative estimate of drug-likeness (QED) is 0.301. The van der Waals surface area contributed by atoms with Gasteiger partial charge in [-0.25, -0.2) is 0 Å². The highest BCUT2D eigenvalue weighted by Crippen LogP contribution is 2.19. The van der Waals surface area contributed by atoms with Crippen molar-refractivity contribution >= 4 is 29.8 Å². The van der Waals surface area contributed by atoms with Crippen molar-refractivity contribution in [3.05, 3.63) is 112 Å². The number of phenols is 1. The highest BCUT2D eigenvalue weighted by Gasteiger charge is 2.01. The Hall–Kier alpha value is -3.27. The average molecular weight is 433 g/mol. The van der Waals surface area contributed by atoms with Crippen LogP contribution >= 0.6 is 11.6 Å². The molecule has 4 heteroatoms. The van der Waals surface area contributed by atoms with Crippen LogP contribution in [0.2, 0.25) is 5.02 Å². The molecule has 158 valence electrons. The van der Waals surface area contributed by atoms with E-state index in [0.29, 0.717) is 5.02 Å². The number of halogens is 1. The highest BCUT2D eigenvalue weighted by molar-refractivity contribution is 6.30. The minimum Gasteiger partial charge on any atom is -0.508 e. The van der Waals surface area contributed by atoms with Crippen molar-refractivity contribution in [2.24, 2.45) is 0 Å². The maximum Gasteiger partial charge on any atom is 0.196 e. The summed E-state index contributed by atoms with van der Waals surface area (Å²) in [7, 11) is 1.61. The summed E-state index contributed by atoms with van der Waals surface area (Å²) in [5.41, 5.74) is 4.12. The molecule has 1 N–H and O–H groups in total. The molecule has 3 rings (SSSR count). The van der Waals surface area contributed by atoms with Crippen LogP contribution in [0.3, 0.4) is 0 Å². The summed E-state index contributed by atoms with van der Waals surface area (Å²) in [5, 5.41) is 10.2. The van der Waals surface area contributed by atoms with Crippen molar-refractivity contribution in [2.75, 3.05) is 7.11 Å². The van der Waals surface area contributed by atoms with Gasteiger partial charge in [0.25, 0.3) is 0 Å². The molecule has 3 aromatic carbocycles. The second-order valence-corrected chi connectivity index (χ2v) is 7.38. The number of aromatic hydroxyl groups is 1. The third-order valence-electron chi connectivity index (χ3n) is 4.55. The van der Waals surface area contributed by atoms with Crippen molar-refractivity contribution < 1.29 is 14.6 Å². The lowest BCUT2D eigenvalue weighted by Crippen LogP contribution is -2.13. The number of hydrogen-bond acceptors (Lipinski definition) is 3. The summed E-state index contributed by atoms with van der Waals surface area (Å²) >= 11 is 5.98. The van der Waals surface area contributed by atoms with Crippen LogP contribution in [0.25, 0.3) is 18.2 Å². The first kappa shape index (κ1) is 22.4. The number of hydrogen-bond donors (Lipinski definition) is 1. The second kappa shape index (κ2) is 11.2. The molecule has 0 fully saturated rings. The van der Waals surface area contributed by atoms with E-state index in [2.05, 4.69) is 12.2 Å². The number of phenolic OH excluding ortho intramolecular Hbond substituents is 1. The molecule has 1 atom stereocenters. The summed E-state index contributed by atoms with van der Waals surface area (Å²) in [6.07, 6.45) is 9.93. The number of allylic oxidation sites excluding steroid dienone is 3. The third kappa shape index (κ3) is 7.49. The second-order valence-electron chi connectivity index (χ2n) is 6.94. The Morgan fingerprint density at radius 2 is 1.32 bits per heavy atom. The molecule has 31 heavy (non-hydrogen) atoms. The van der Waals surface area contributed by atoms with Crippen molar-refractivity contribution in [1.82, 2.24) is 0 Å². The zero-order chi connectivity index (χ0) is 22.1. The Kier molecular flexibility index (Phi) is 8.11. The Labute approximate surface area is 188 Å². The smallest absolute Gasteiger partial charge is 0.196 e. The van der Waals surface area contributed by atoms with Gasteiger partial charge in [0.2, 0.25) is 0 Å². The zero-order valence-corrected chi connectivity index (χ0v) is 18.3. The van der Waals surface area contributed by atoms with Gasteiger partial charge >= 0.3 is 0 Å². The standard InChI is InChI=1S/C27H25ClO3/c1-20(30-2)31-27-17-11-24(12-18-27)19-23(5-3-21-7-13-25(28)14-8-21)6-4-22-9-15-26(29)16-10-22/h3-20,29H,1-2H3. The molecule has 0 amide bonds. The normalized spacial score (nSPS) is 13.1. The Bertz CT molecular complexity index is 990. The van der Waals surface area contributed by atoms with Gasteiger partial charge in [-0.05, 0) is 71.7 Å². The summed E-state index contributed by atoms with van der Waals surface area (Å²) in [5.74, 6) is 1.00. The third-order valence-corrected chi connectivity index (χ3v) is 4.80. The fourth-order valence-electron chi connectivity index (χ4n) is 2.77. The van der Waals surface area contributed by atoms with E-state index >= 15 is 0 Å². The topological polar surface area (TPSA) is 38.7 Å². The van der Waals surface area contributed by atoms with Gasteiger partial charge in [-0.3, -0.25) is 0 Å². The molecule has 0 aliphatic carbocycles. The predicted octanol–water partition coefficient (Wildman–Crippen LogP) is 7.23. The molecule has 3 nitrogen and oxygen atoms in total. The minimum atomic E-state index is -0.299. The first-order valence-corrected chi connectivity index (χ1v) is 10.3. The molecule has 0 saturated heterocycles. The summed E-state index contributed by atoms with van der Waals surface area (Å²) in [4.78, 5) is 0. The highest BCUT2D eigenvalue weighted by atomic mass is 35.5. The molecule has 3 aromatic rings. The van der Waals surface area contributed by atoms with Gasteiger partial charge in [-0.15, -0.1) is 0 Å². The molecule has 0 aliphatic heterocycles. The van der Waals surface area contributed by atoms with Crippen LogP contribution in [0.15, 0.2) is 90.5 Å². The molecule has 0 spiro atoms. The van der Waals surface area contributed by atoms with Crippen LogP contribution in [-0.4, -0.2) is 18.5 Å². The first-order chi connectivity index (χ1) is 15.0. The van der Waals surface area contributed by atoms with E-state index in [1.165, 1.54) is 0 Å². The van der Waals surface area contributed by atoms with Crippen molar-refractivity contribution in [3.8, 4) is 11.5 Å². The number of rotatable bonds is 8.